The third-order valence-corrected chi connectivity index (χ3v) is 4.31. The van der Waals surface area contributed by atoms with E-state index in [0.29, 0.717) is 32.8 Å². The van der Waals surface area contributed by atoms with Crippen molar-refractivity contribution in [3.05, 3.63) is 12.2 Å². The van der Waals surface area contributed by atoms with Crippen molar-refractivity contribution in [2.45, 2.75) is 45.6 Å². The van der Waals surface area contributed by atoms with E-state index < -0.39 is 12.0 Å². The molecule has 1 unspecified atom stereocenters. The number of hydrogen-bond donors (Lipinski definition) is 3. The molecule has 136 valence electrons. The predicted octanol–water partition coefficient (Wildman–Crippen LogP) is 1.41. The first kappa shape index (κ1) is 22.1. The first-order chi connectivity index (χ1) is 11.0. The number of carbonyl (C=O) groups is 1. The van der Waals surface area contributed by atoms with Crippen molar-refractivity contribution in [2.24, 2.45) is 0 Å². The Morgan fingerprint density at radius 2 is 1.78 bits per heavy atom. The fourth-order valence-corrected chi connectivity index (χ4v) is 2.64. The average molecular weight is 332 g/mol. The lowest BCUT2D eigenvalue weighted by Gasteiger charge is -2.40. The van der Waals surface area contributed by atoms with Gasteiger partial charge < -0.3 is 24.5 Å². The molecule has 0 radical (unpaired) electrons. The molecule has 0 aliphatic heterocycles. The van der Waals surface area contributed by atoms with E-state index in [2.05, 4.69) is 13.0 Å². The molecular formula is C17H34NO5+. The van der Waals surface area contributed by atoms with Crippen molar-refractivity contribution in [3.63, 3.8) is 0 Å². The van der Waals surface area contributed by atoms with Gasteiger partial charge in [0.15, 0.2) is 6.04 Å². The fraction of sp³-hybridized carbons (Fsp3) is 0.824. The second-order valence-electron chi connectivity index (χ2n) is 5.89. The Morgan fingerprint density at radius 3 is 2.30 bits per heavy atom. The number of carboxylic acids is 1. The zero-order valence-corrected chi connectivity index (χ0v) is 14.6. The smallest absolute Gasteiger partial charge is 0.362 e. The highest BCUT2D eigenvalue weighted by atomic mass is 16.5. The van der Waals surface area contributed by atoms with Crippen LogP contribution in [0.1, 0.15) is 39.5 Å². The van der Waals surface area contributed by atoms with Crippen LogP contribution in [0, 0.1) is 0 Å². The molecule has 1 atom stereocenters. The zero-order valence-electron chi connectivity index (χ0n) is 14.6. The lowest BCUT2D eigenvalue weighted by atomic mass is 10.2. The van der Waals surface area contributed by atoms with E-state index >= 15 is 0 Å². The van der Waals surface area contributed by atoms with Crippen molar-refractivity contribution < 1.29 is 29.3 Å². The zero-order chi connectivity index (χ0) is 17.6. The minimum Gasteiger partial charge on any atom is -0.477 e. The van der Waals surface area contributed by atoms with Gasteiger partial charge in [0.05, 0.1) is 26.4 Å². The van der Waals surface area contributed by atoms with Crippen LogP contribution in [0.5, 0.6) is 0 Å². The second kappa shape index (κ2) is 13.5. The molecule has 0 fully saturated rings. The van der Waals surface area contributed by atoms with Gasteiger partial charge in [0.2, 0.25) is 0 Å². The third-order valence-electron chi connectivity index (χ3n) is 4.31. The van der Waals surface area contributed by atoms with E-state index in [9.17, 15) is 20.1 Å². The summed E-state index contributed by atoms with van der Waals surface area (Å²) < 4.78 is 5.69. The van der Waals surface area contributed by atoms with Gasteiger partial charge in [-0.05, 0) is 19.8 Å². The maximum absolute atomic E-state index is 11.3. The third kappa shape index (κ3) is 9.05. The highest BCUT2D eigenvalue weighted by Gasteiger charge is 2.37. The summed E-state index contributed by atoms with van der Waals surface area (Å²) in [5.74, 6) is -0.928. The topological polar surface area (TPSA) is 87.0 Å². The number of aliphatic hydroxyl groups is 2. The first-order valence-electron chi connectivity index (χ1n) is 8.57. The standard InChI is InChI=1S/C17H33NO5/c1-3-4-5-6-7-8-14-23-15-11-18(9-12-19,10-13-20)16(2)17(21)22/h7-8,16,19-20H,3-6,9-15H2,1-2H3/p+1/b8-7+. The van der Waals surface area contributed by atoms with E-state index in [4.69, 9.17) is 4.74 Å². The Kier molecular flexibility index (Phi) is 12.9. The van der Waals surface area contributed by atoms with Crippen molar-refractivity contribution >= 4 is 5.97 Å². The maximum Gasteiger partial charge on any atom is 0.362 e. The lowest BCUT2D eigenvalue weighted by molar-refractivity contribution is -0.942. The molecule has 0 spiro atoms. The van der Waals surface area contributed by atoms with Gasteiger partial charge in [-0.25, -0.2) is 4.79 Å². The Hall–Kier alpha value is -0.950. The van der Waals surface area contributed by atoms with Crippen LogP contribution in [0.3, 0.4) is 0 Å². The summed E-state index contributed by atoms with van der Waals surface area (Å²) in [6.45, 7) is 5.51. The normalized spacial score (nSPS) is 13.6. The number of quaternary nitrogens is 1. The minimum atomic E-state index is -0.928. The number of carboxylic acid groups (broad SMARTS) is 1. The average Bonchev–Trinajstić information content (AvgIpc) is 2.52. The fourth-order valence-electron chi connectivity index (χ4n) is 2.64. The van der Waals surface area contributed by atoms with E-state index in [-0.39, 0.29) is 17.7 Å². The number of nitrogens with zero attached hydrogens (tertiary/aromatic N) is 1. The highest BCUT2D eigenvalue weighted by molar-refractivity contribution is 5.71. The number of rotatable bonds is 15. The SMILES string of the molecule is CCCCC/C=C/COCC[N+](CCO)(CCO)C(C)C(=O)O. The van der Waals surface area contributed by atoms with Crippen LogP contribution < -0.4 is 0 Å². The number of hydrogen-bond acceptors (Lipinski definition) is 4. The molecule has 0 aromatic heterocycles. The van der Waals surface area contributed by atoms with Gasteiger partial charge in [-0.3, -0.25) is 0 Å². The molecule has 6 nitrogen and oxygen atoms in total. The molecule has 0 aliphatic carbocycles. The van der Waals surface area contributed by atoms with Crippen LogP contribution in [-0.4, -0.2) is 77.9 Å². The van der Waals surface area contributed by atoms with Gasteiger partial charge in [-0.15, -0.1) is 0 Å². The van der Waals surface area contributed by atoms with Gasteiger partial charge in [-0.1, -0.05) is 31.9 Å². The molecule has 0 saturated heterocycles. The summed E-state index contributed by atoms with van der Waals surface area (Å²) in [6, 6.07) is -0.692. The van der Waals surface area contributed by atoms with Crippen LogP contribution >= 0.6 is 0 Å². The summed E-state index contributed by atoms with van der Waals surface area (Å²) in [5.41, 5.74) is 0. The summed E-state index contributed by atoms with van der Waals surface area (Å²) in [6.07, 6.45) is 8.79. The summed E-state index contributed by atoms with van der Waals surface area (Å²) in [4.78, 5) is 11.3. The number of unbranched alkanes of at least 4 members (excludes halogenated alkanes) is 3. The Labute approximate surface area is 140 Å². The molecule has 0 bridgehead atoms. The molecule has 0 rings (SSSR count). The number of aliphatic hydroxyl groups excluding tert-OH is 2. The van der Waals surface area contributed by atoms with Crippen molar-refractivity contribution in [2.75, 3.05) is 46.1 Å². The Morgan fingerprint density at radius 1 is 1.13 bits per heavy atom. The quantitative estimate of drug-likeness (QED) is 0.240. The maximum atomic E-state index is 11.3. The van der Waals surface area contributed by atoms with Crippen molar-refractivity contribution in [3.8, 4) is 0 Å². The van der Waals surface area contributed by atoms with E-state index in [1.165, 1.54) is 19.3 Å². The van der Waals surface area contributed by atoms with Gasteiger partial charge in [0, 0.05) is 0 Å². The van der Waals surface area contributed by atoms with Crippen molar-refractivity contribution in [1.29, 1.82) is 0 Å². The van der Waals surface area contributed by atoms with Crippen LogP contribution in [0.4, 0.5) is 0 Å². The van der Waals surface area contributed by atoms with Gasteiger partial charge in [0.25, 0.3) is 0 Å². The number of aliphatic carboxylic acids is 1. The van der Waals surface area contributed by atoms with E-state index in [0.717, 1.165) is 6.42 Å². The largest absolute Gasteiger partial charge is 0.477 e. The monoisotopic (exact) mass is 332 g/mol. The van der Waals surface area contributed by atoms with Crippen LogP contribution in [-0.2, 0) is 9.53 Å². The van der Waals surface area contributed by atoms with Crippen LogP contribution in [0.2, 0.25) is 0 Å². The summed E-state index contributed by atoms with van der Waals surface area (Å²) in [7, 11) is 0. The van der Waals surface area contributed by atoms with Crippen molar-refractivity contribution in [1.82, 2.24) is 0 Å². The van der Waals surface area contributed by atoms with E-state index in [1.54, 1.807) is 6.92 Å². The Bertz CT molecular complexity index is 327. The minimum absolute atomic E-state index is 0.116. The predicted molar refractivity (Wildman–Crippen MR) is 90.2 cm³/mol. The van der Waals surface area contributed by atoms with Gasteiger partial charge >= 0.3 is 5.97 Å². The number of allylic oxidation sites excluding steroid dienone is 1. The molecule has 0 aromatic rings. The van der Waals surface area contributed by atoms with E-state index in [1.807, 2.05) is 6.08 Å². The summed E-state index contributed by atoms with van der Waals surface area (Å²) in [5, 5.41) is 27.8. The lowest BCUT2D eigenvalue weighted by Crippen LogP contribution is -2.61. The molecule has 0 saturated carbocycles. The molecule has 0 heterocycles. The summed E-state index contributed by atoms with van der Waals surface area (Å²) >= 11 is 0. The molecular weight excluding hydrogens is 298 g/mol. The molecule has 0 amide bonds. The highest BCUT2D eigenvalue weighted by Crippen LogP contribution is 2.14. The molecule has 23 heavy (non-hydrogen) atoms. The molecule has 3 N–H and O–H groups in total. The van der Waals surface area contributed by atoms with Crippen LogP contribution in [0.15, 0.2) is 12.2 Å². The molecule has 6 heteroatoms. The second-order valence-corrected chi connectivity index (χ2v) is 5.89. The molecule has 0 aliphatic rings. The van der Waals surface area contributed by atoms with Gasteiger partial charge in [-0.2, -0.15) is 0 Å². The first-order valence-corrected chi connectivity index (χ1v) is 8.57. The van der Waals surface area contributed by atoms with Gasteiger partial charge in [0.1, 0.15) is 19.6 Å². The number of ether oxygens (including phenoxy) is 1. The van der Waals surface area contributed by atoms with Crippen LogP contribution in [0.25, 0.3) is 0 Å². The molecule has 0 aromatic carbocycles. The Balaban J connectivity index is 4.31.